The second kappa shape index (κ2) is 11.9. The summed E-state index contributed by atoms with van der Waals surface area (Å²) in [5.41, 5.74) is 4.31. The van der Waals surface area contributed by atoms with Crippen LogP contribution in [0.4, 0.5) is 0 Å². The van der Waals surface area contributed by atoms with Crippen molar-refractivity contribution in [3.63, 3.8) is 0 Å². The molecule has 0 nitrogen and oxygen atoms in total. The average molecular weight is 375 g/mol. The van der Waals surface area contributed by atoms with E-state index in [0.717, 1.165) is 11.8 Å². The fourth-order valence-electron chi connectivity index (χ4n) is 4.55. The zero-order valence-corrected chi connectivity index (χ0v) is 17.8. The van der Waals surface area contributed by atoms with Crippen LogP contribution in [-0.4, -0.2) is 0 Å². The number of allylic oxidation sites excluding steroid dienone is 1. The summed E-state index contributed by atoms with van der Waals surface area (Å²) in [5.74, 6) is 1.99. The fraction of sp³-hybridized carbons (Fsp3) is 0.500. The third kappa shape index (κ3) is 7.30. The monoisotopic (exact) mass is 374 g/mol. The van der Waals surface area contributed by atoms with Crippen LogP contribution in [0.2, 0.25) is 0 Å². The first-order valence-electron chi connectivity index (χ1n) is 11.6. The summed E-state index contributed by atoms with van der Waals surface area (Å²) in [6.07, 6.45) is 19.4. The second-order valence-electron chi connectivity index (χ2n) is 8.71. The molecule has 0 spiro atoms. The number of hydrogen-bond donors (Lipinski definition) is 0. The molecule has 1 saturated carbocycles. The van der Waals surface area contributed by atoms with Gasteiger partial charge in [0.05, 0.1) is 0 Å². The van der Waals surface area contributed by atoms with Gasteiger partial charge in [-0.25, -0.2) is 0 Å². The van der Waals surface area contributed by atoms with Crippen molar-refractivity contribution >= 4 is 6.08 Å². The van der Waals surface area contributed by atoms with Crippen LogP contribution in [0.25, 0.3) is 6.08 Å². The molecule has 0 heteroatoms. The Bertz CT molecular complexity index is 672. The highest BCUT2D eigenvalue weighted by molar-refractivity contribution is 5.49. The van der Waals surface area contributed by atoms with Gasteiger partial charge in [-0.3, -0.25) is 0 Å². The molecule has 0 unspecified atom stereocenters. The van der Waals surface area contributed by atoms with Gasteiger partial charge < -0.3 is 0 Å². The van der Waals surface area contributed by atoms with Crippen molar-refractivity contribution in [3.05, 3.63) is 77.4 Å². The van der Waals surface area contributed by atoms with Gasteiger partial charge in [0.15, 0.2) is 0 Å². The Balaban J connectivity index is 1.31. The van der Waals surface area contributed by atoms with E-state index in [-0.39, 0.29) is 0 Å². The maximum absolute atomic E-state index is 2.35. The van der Waals surface area contributed by atoms with E-state index >= 15 is 0 Å². The predicted octanol–water partition coefficient (Wildman–Crippen LogP) is 8.26. The summed E-state index contributed by atoms with van der Waals surface area (Å²) in [6, 6.07) is 20.1. The molecule has 1 fully saturated rings. The molecule has 0 amide bonds. The van der Waals surface area contributed by atoms with Gasteiger partial charge in [0.2, 0.25) is 0 Å². The molecule has 2 aromatic carbocycles. The van der Waals surface area contributed by atoms with Crippen molar-refractivity contribution in [1.29, 1.82) is 0 Å². The maximum atomic E-state index is 2.35. The van der Waals surface area contributed by atoms with Gasteiger partial charge in [-0.15, -0.1) is 0 Å². The van der Waals surface area contributed by atoms with Gasteiger partial charge in [0, 0.05) is 0 Å². The zero-order chi connectivity index (χ0) is 19.4. The highest BCUT2D eigenvalue weighted by Crippen LogP contribution is 2.33. The summed E-state index contributed by atoms with van der Waals surface area (Å²) in [6.45, 7) is 2.35. The molecule has 150 valence electrons. The Morgan fingerprint density at radius 3 is 2.14 bits per heavy atom. The van der Waals surface area contributed by atoms with Crippen molar-refractivity contribution < 1.29 is 0 Å². The minimum Gasteiger partial charge on any atom is -0.0839 e. The van der Waals surface area contributed by atoms with E-state index < -0.39 is 0 Å². The summed E-state index contributed by atoms with van der Waals surface area (Å²) >= 11 is 0. The van der Waals surface area contributed by atoms with Gasteiger partial charge >= 0.3 is 0 Å². The van der Waals surface area contributed by atoms with Crippen molar-refractivity contribution in [2.45, 2.75) is 77.6 Å². The normalized spacial score (nSPS) is 19.9. The van der Waals surface area contributed by atoms with E-state index in [0.29, 0.717) is 0 Å². The number of benzene rings is 2. The van der Waals surface area contributed by atoms with Crippen molar-refractivity contribution in [2.24, 2.45) is 11.8 Å². The summed E-state index contributed by atoms with van der Waals surface area (Å²) in [5, 5.41) is 0. The van der Waals surface area contributed by atoms with E-state index in [1.165, 1.54) is 87.3 Å². The number of hydrogen-bond acceptors (Lipinski definition) is 0. The van der Waals surface area contributed by atoms with Crippen LogP contribution in [0.3, 0.4) is 0 Å². The standard InChI is InChI=1S/C28H38/c1-2-24-14-16-27(17-15-24)22-23-28-20-18-26(19-21-28)13-7-4-3-6-10-25-11-8-5-9-12-25/h5,7-9,11-13,18-21,24,27H,2-4,6,10,14-17,22-23H2,1H3. The molecule has 1 aliphatic carbocycles. The molecular formula is C28H38. The molecule has 0 saturated heterocycles. The largest absolute Gasteiger partial charge is 0.0839 e. The Hall–Kier alpha value is -1.82. The average Bonchev–Trinajstić information content (AvgIpc) is 2.76. The minimum atomic E-state index is 0.971. The van der Waals surface area contributed by atoms with Gasteiger partial charge in [-0.05, 0) is 67.1 Å². The SMILES string of the molecule is CCC1CCC(CCc2ccc(C=CCCCCc3ccccc3)cc2)CC1. The molecule has 0 atom stereocenters. The Kier molecular flexibility index (Phi) is 8.88. The lowest BCUT2D eigenvalue weighted by molar-refractivity contribution is 0.259. The molecule has 1 aliphatic rings. The molecular weight excluding hydrogens is 336 g/mol. The van der Waals surface area contributed by atoms with Gasteiger partial charge in [-0.2, -0.15) is 0 Å². The van der Waals surface area contributed by atoms with Gasteiger partial charge in [0.1, 0.15) is 0 Å². The van der Waals surface area contributed by atoms with E-state index in [1.807, 2.05) is 0 Å². The molecule has 0 aliphatic heterocycles. The molecule has 0 N–H and O–H groups in total. The lowest BCUT2D eigenvalue weighted by Crippen LogP contribution is -2.14. The fourth-order valence-corrected chi connectivity index (χ4v) is 4.55. The number of rotatable bonds is 10. The Morgan fingerprint density at radius 2 is 1.43 bits per heavy atom. The summed E-state index contributed by atoms with van der Waals surface area (Å²) in [4.78, 5) is 0. The molecule has 2 aromatic rings. The van der Waals surface area contributed by atoms with Crippen LogP contribution < -0.4 is 0 Å². The zero-order valence-electron chi connectivity index (χ0n) is 17.8. The lowest BCUT2D eigenvalue weighted by Gasteiger charge is -2.27. The van der Waals surface area contributed by atoms with Gasteiger partial charge in [0.25, 0.3) is 0 Å². The van der Waals surface area contributed by atoms with Crippen LogP contribution in [-0.2, 0) is 12.8 Å². The highest BCUT2D eigenvalue weighted by atomic mass is 14.2. The molecule has 0 aromatic heterocycles. The van der Waals surface area contributed by atoms with E-state index in [1.54, 1.807) is 0 Å². The highest BCUT2D eigenvalue weighted by Gasteiger charge is 2.19. The van der Waals surface area contributed by atoms with E-state index in [9.17, 15) is 0 Å². The minimum absolute atomic E-state index is 0.971. The van der Waals surface area contributed by atoms with Gasteiger partial charge in [-0.1, -0.05) is 106 Å². The Labute approximate surface area is 173 Å². The van der Waals surface area contributed by atoms with E-state index in [2.05, 4.69) is 73.7 Å². The summed E-state index contributed by atoms with van der Waals surface area (Å²) in [7, 11) is 0. The van der Waals surface area contributed by atoms with Crippen molar-refractivity contribution in [1.82, 2.24) is 0 Å². The molecule has 0 heterocycles. The predicted molar refractivity (Wildman–Crippen MR) is 124 cm³/mol. The van der Waals surface area contributed by atoms with Crippen molar-refractivity contribution in [3.8, 4) is 0 Å². The molecule has 28 heavy (non-hydrogen) atoms. The smallest absolute Gasteiger partial charge is 0.0260 e. The van der Waals surface area contributed by atoms with Crippen LogP contribution in [0, 0.1) is 11.8 Å². The van der Waals surface area contributed by atoms with Crippen LogP contribution in [0.1, 0.15) is 81.4 Å². The lowest BCUT2D eigenvalue weighted by atomic mass is 9.78. The first-order chi connectivity index (χ1) is 13.8. The quantitative estimate of drug-likeness (QED) is 0.367. The van der Waals surface area contributed by atoms with Crippen LogP contribution in [0.15, 0.2) is 60.7 Å². The maximum Gasteiger partial charge on any atom is -0.0260 e. The van der Waals surface area contributed by atoms with Crippen LogP contribution >= 0.6 is 0 Å². The molecule has 0 radical (unpaired) electrons. The number of unbranched alkanes of at least 4 members (excludes halogenated alkanes) is 2. The van der Waals surface area contributed by atoms with E-state index in [4.69, 9.17) is 0 Å². The molecule has 3 rings (SSSR count). The first kappa shape index (κ1) is 20.9. The molecule has 0 bridgehead atoms. The number of aryl methyl sites for hydroxylation is 2. The third-order valence-corrected chi connectivity index (χ3v) is 6.60. The second-order valence-corrected chi connectivity index (χ2v) is 8.71. The van der Waals surface area contributed by atoms with Crippen LogP contribution in [0.5, 0.6) is 0 Å². The topological polar surface area (TPSA) is 0 Å². The first-order valence-corrected chi connectivity index (χ1v) is 11.6. The Morgan fingerprint density at radius 1 is 0.750 bits per heavy atom. The van der Waals surface area contributed by atoms with Crippen molar-refractivity contribution in [2.75, 3.05) is 0 Å². The summed E-state index contributed by atoms with van der Waals surface area (Å²) < 4.78 is 0. The third-order valence-electron chi connectivity index (χ3n) is 6.60.